The predicted octanol–water partition coefficient (Wildman–Crippen LogP) is 1.35. The third kappa shape index (κ3) is 4.06. The number of nitrogens with zero attached hydrogens (tertiary/aromatic N) is 2. The summed E-state index contributed by atoms with van der Waals surface area (Å²) in [6, 6.07) is 10.6. The summed E-state index contributed by atoms with van der Waals surface area (Å²) < 4.78 is 5.50. The normalized spacial score (nSPS) is 15.7. The number of hydrogen-bond acceptors (Lipinski definition) is 5. The van der Waals surface area contributed by atoms with Crippen molar-refractivity contribution in [2.45, 2.75) is 18.9 Å². The second-order valence-electron chi connectivity index (χ2n) is 6.02. The molecule has 1 aromatic carbocycles. The molecular weight excluding hydrogens is 320 g/mol. The lowest BCUT2D eigenvalue weighted by atomic mass is 10.0. The zero-order chi connectivity index (χ0) is 17.6. The van der Waals surface area contributed by atoms with Gasteiger partial charge in [-0.3, -0.25) is 14.5 Å². The van der Waals surface area contributed by atoms with Crippen LogP contribution in [0.4, 0.5) is 0 Å². The molecule has 0 bridgehead atoms. The second kappa shape index (κ2) is 7.94. The van der Waals surface area contributed by atoms with Gasteiger partial charge >= 0.3 is 0 Å². The molecule has 0 spiro atoms. The number of hydrogen-bond donors (Lipinski definition) is 2. The number of aromatic nitrogens is 2. The van der Waals surface area contributed by atoms with Gasteiger partial charge in [0.05, 0.1) is 13.2 Å². The highest BCUT2D eigenvalue weighted by Gasteiger charge is 2.26. The third-order valence-corrected chi connectivity index (χ3v) is 4.45. The fourth-order valence-electron chi connectivity index (χ4n) is 3.18. The smallest absolute Gasteiger partial charge is 0.271 e. The van der Waals surface area contributed by atoms with E-state index >= 15 is 0 Å². The first-order valence-electron chi connectivity index (χ1n) is 8.40. The molecule has 2 aromatic rings. The zero-order valence-corrected chi connectivity index (χ0v) is 14.2. The number of amides is 1. The predicted molar refractivity (Wildman–Crippen MR) is 93.7 cm³/mol. The van der Waals surface area contributed by atoms with Gasteiger partial charge in [-0.05, 0) is 38.1 Å². The van der Waals surface area contributed by atoms with Gasteiger partial charge in [-0.2, -0.15) is 5.10 Å². The number of benzene rings is 1. The molecule has 2 heterocycles. The van der Waals surface area contributed by atoms with Crippen LogP contribution in [0.5, 0.6) is 5.75 Å². The molecule has 0 saturated carbocycles. The summed E-state index contributed by atoms with van der Waals surface area (Å²) in [5.41, 5.74) is 0.918. The number of ether oxygens (including phenoxy) is 1. The lowest BCUT2D eigenvalue weighted by molar-refractivity contribution is 0.0931. The average Bonchev–Trinajstić information content (AvgIpc) is 3.17. The van der Waals surface area contributed by atoms with Gasteiger partial charge in [-0.1, -0.05) is 18.2 Å². The van der Waals surface area contributed by atoms with Crippen molar-refractivity contribution < 1.29 is 9.53 Å². The van der Waals surface area contributed by atoms with Crippen molar-refractivity contribution in [3.05, 3.63) is 58.0 Å². The molecule has 0 unspecified atom stereocenters. The van der Waals surface area contributed by atoms with E-state index in [1.165, 1.54) is 12.1 Å². The fraction of sp³-hybridized carbons (Fsp3) is 0.389. The Morgan fingerprint density at radius 2 is 2.04 bits per heavy atom. The van der Waals surface area contributed by atoms with Crippen molar-refractivity contribution in [2.75, 3.05) is 26.7 Å². The summed E-state index contributed by atoms with van der Waals surface area (Å²) in [5.74, 6) is 0.506. The molecule has 25 heavy (non-hydrogen) atoms. The van der Waals surface area contributed by atoms with Crippen molar-refractivity contribution >= 4 is 5.91 Å². The van der Waals surface area contributed by atoms with Crippen molar-refractivity contribution in [3.8, 4) is 5.75 Å². The molecule has 0 radical (unpaired) electrons. The molecule has 7 nitrogen and oxygen atoms in total. The molecule has 132 valence electrons. The molecule has 0 aliphatic carbocycles. The second-order valence-corrected chi connectivity index (χ2v) is 6.02. The molecular formula is C18H22N4O3. The molecule has 7 heteroatoms. The Balaban J connectivity index is 1.77. The standard InChI is InChI=1S/C18H22N4O3/c1-25-16-7-3-2-6-13(16)15(22-10-4-5-11-22)12-19-18(24)14-8-9-17(23)21-20-14/h2-3,6-9,15H,4-5,10-12H2,1H3,(H,19,24)(H,21,23)/t15-/m0/s1. The molecule has 1 amide bonds. The van der Waals surface area contributed by atoms with E-state index in [0.29, 0.717) is 6.54 Å². The van der Waals surface area contributed by atoms with E-state index in [0.717, 1.165) is 37.2 Å². The summed E-state index contributed by atoms with van der Waals surface area (Å²) >= 11 is 0. The minimum Gasteiger partial charge on any atom is -0.496 e. The van der Waals surface area contributed by atoms with Gasteiger partial charge in [0.1, 0.15) is 11.4 Å². The average molecular weight is 342 g/mol. The summed E-state index contributed by atoms with van der Waals surface area (Å²) in [7, 11) is 1.66. The lowest BCUT2D eigenvalue weighted by Crippen LogP contribution is -2.37. The number of nitrogens with one attached hydrogen (secondary N) is 2. The Hall–Kier alpha value is -2.67. The summed E-state index contributed by atoms with van der Waals surface area (Å²) in [6.45, 7) is 2.44. The molecule has 1 aromatic heterocycles. The van der Waals surface area contributed by atoms with E-state index in [-0.39, 0.29) is 23.2 Å². The van der Waals surface area contributed by atoms with Crippen LogP contribution in [-0.2, 0) is 0 Å². The van der Waals surface area contributed by atoms with Crippen LogP contribution in [0.1, 0.15) is 34.9 Å². The Bertz CT molecular complexity index is 763. The Morgan fingerprint density at radius 3 is 2.72 bits per heavy atom. The molecule has 2 N–H and O–H groups in total. The monoisotopic (exact) mass is 342 g/mol. The Morgan fingerprint density at radius 1 is 1.28 bits per heavy atom. The van der Waals surface area contributed by atoms with Crippen molar-refractivity contribution in [3.63, 3.8) is 0 Å². The van der Waals surface area contributed by atoms with Crippen LogP contribution in [0.25, 0.3) is 0 Å². The number of aromatic amines is 1. The largest absolute Gasteiger partial charge is 0.496 e. The van der Waals surface area contributed by atoms with Crippen LogP contribution in [-0.4, -0.2) is 47.7 Å². The van der Waals surface area contributed by atoms with Crippen LogP contribution < -0.4 is 15.6 Å². The highest BCUT2D eigenvalue weighted by atomic mass is 16.5. The first-order valence-corrected chi connectivity index (χ1v) is 8.40. The summed E-state index contributed by atoms with van der Waals surface area (Å²) in [4.78, 5) is 25.7. The van der Waals surface area contributed by atoms with Gasteiger partial charge in [0.25, 0.3) is 11.5 Å². The molecule has 3 rings (SSSR count). The topological polar surface area (TPSA) is 87.3 Å². The van der Waals surface area contributed by atoms with Crippen LogP contribution in [0.15, 0.2) is 41.2 Å². The number of rotatable bonds is 6. The summed E-state index contributed by atoms with van der Waals surface area (Å²) in [6.07, 6.45) is 2.31. The minimum atomic E-state index is -0.333. The highest BCUT2D eigenvalue weighted by molar-refractivity contribution is 5.92. The van der Waals surface area contributed by atoms with Crippen LogP contribution in [0.2, 0.25) is 0 Å². The number of carbonyl (C=O) groups is 1. The van der Waals surface area contributed by atoms with Crippen LogP contribution in [0, 0.1) is 0 Å². The van der Waals surface area contributed by atoms with Gasteiger partial charge in [0.15, 0.2) is 0 Å². The van der Waals surface area contributed by atoms with E-state index in [4.69, 9.17) is 4.74 Å². The Labute approximate surface area is 146 Å². The van der Waals surface area contributed by atoms with Crippen molar-refractivity contribution in [2.24, 2.45) is 0 Å². The van der Waals surface area contributed by atoms with Crippen molar-refractivity contribution in [1.82, 2.24) is 20.4 Å². The molecule has 1 aliphatic rings. The molecule has 1 atom stereocenters. The molecule has 1 fully saturated rings. The Kier molecular flexibility index (Phi) is 5.45. The van der Waals surface area contributed by atoms with Gasteiger partial charge < -0.3 is 10.1 Å². The first kappa shape index (κ1) is 17.2. The summed E-state index contributed by atoms with van der Waals surface area (Å²) in [5, 5.41) is 8.97. The maximum absolute atomic E-state index is 12.3. The molecule has 1 saturated heterocycles. The number of para-hydroxylation sites is 1. The van der Waals surface area contributed by atoms with E-state index < -0.39 is 0 Å². The van der Waals surface area contributed by atoms with Crippen LogP contribution in [0.3, 0.4) is 0 Å². The maximum atomic E-state index is 12.3. The van der Waals surface area contributed by atoms with Gasteiger partial charge in [0.2, 0.25) is 0 Å². The molecule has 1 aliphatic heterocycles. The first-order chi connectivity index (χ1) is 12.2. The number of H-pyrrole nitrogens is 1. The third-order valence-electron chi connectivity index (χ3n) is 4.45. The van der Waals surface area contributed by atoms with E-state index in [1.807, 2.05) is 24.3 Å². The van der Waals surface area contributed by atoms with E-state index in [2.05, 4.69) is 20.4 Å². The maximum Gasteiger partial charge on any atom is 0.271 e. The minimum absolute atomic E-state index is 0.0327. The van der Waals surface area contributed by atoms with Gasteiger partial charge in [-0.15, -0.1) is 0 Å². The SMILES string of the molecule is COc1ccccc1[C@H](CNC(=O)c1ccc(=O)[nH]n1)N1CCCC1. The number of methoxy groups -OCH3 is 1. The van der Waals surface area contributed by atoms with Gasteiger partial charge in [0, 0.05) is 18.2 Å². The van der Waals surface area contributed by atoms with E-state index in [1.54, 1.807) is 7.11 Å². The highest BCUT2D eigenvalue weighted by Crippen LogP contribution is 2.31. The number of carbonyl (C=O) groups excluding carboxylic acids is 1. The zero-order valence-electron chi connectivity index (χ0n) is 14.2. The lowest BCUT2D eigenvalue weighted by Gasteiger charge is -2.29. The number of likely N-dealkylation sites (tertiary alicyclic amines) is 1. The van der Waals surface area contributed by atoms with Gasteiger partial charge in [-0.25, -0.2) is 5.10 Å². The van der Waals surface area contributed by atoms with Crippen molar-refractivity contribution in [1.29, 1.82) is 0 Å². The van der Waals surface area contributed by atoms with Crippen LogP contribution >= 0.6 is 0 Å². The van der Waals surface area contributed by atoms with E-state index in [9.17, 15) is 9.59 Å². The fourth-order valence-corrected chi connectivity index (χ4v) is 3.18. The quantitative estimate of drug-likeness (QED) is 0.827.